The molecule has 30 heavy (non-hydrogen) atoms. The minimum absolute atomic E-state index is 0.0648. The van der Waals surface area contributed by atoms with Crippen molar-refractivity contribution in [2.75, 3.05) is 10.2 Å². The second-order valence-corrected chi connectivity index (χ2v) is 6.66. The molecule has 8 heteroatoms. The third-order valence-corrected chi connectivity index (χ3v) is 4.73. The predicted molar refractivity (Wildman–Crippen MR) is 108 cm³/mol. The molecule has 0 fully saturated rings. The Kier molecular flexibility index (Phi) is 4.97. The van der Waals surface area contributed by atoms with Crippen LogP contribution in [0.5, 0.6) is 0 Å². The number of carbonyl (C=O) groups excluding carboxylic acids is 1. The maximum atomic E-state index is 13.4. The minimum atomic E-state index is -0.563. The molecular formula is C22H15F2N3O3. The van der Waals surface area contributed by atoms with E-state index in [-0.39, 0.29) is 17.3 Å². The van der Waals surface area contributed by atoms with Crippen molar-refractivity contribution in [2.45, 2.75) is 6.04 Å². The summed E-state index contributed by atoms with van der Waals surface area (Å²) < 4.78 is 26.6. The number of rotatable bonds is 5. The molecule has 3 aromatic carbocycles. The fourth-order valence-electron chi connectivity index (χ4n) is 3.26. The van der Waals surface area contributed by atoms with Gasteiger partial charge in [-0.05, 0) is 72.3 Å². The summed E-state index contributed by atoms with van der Waals surface area (Å²) in [4.78, 5) is 25.0. The van der Waals surface area contributed by atoms with E-state index >= 15 is 0 Å². The van der Waals surface area contributed by atoms with Crippen molar-refractivity contribution in [2.24, 2.45) is 0 Å². The Labute approximate surface area is 170 Å². The van der Waals surface area contributed by atoms with Gasteiger partial charge in [0.15, 0.2) is 0 Å². The summed E-state index contributed by atoms with van der Waals surface area (Å²) in [6.07, 6.45) is 1.68. The van der Waals surface area contributed by atoms with Crippen LogP contribution < -0.4 is 10.2 Å². The van der Waals surface area contributed by atoms with Crippen molar-refractivity contribution in [1.29, 1.82) is 0 Å². The van der Waals surface area contributed by atoms with E-state index in [9.17, 15) is 23.7 Å². The largest absolute Gasteiger partial charge is 0.351 e. The summed E-state index contributed by atoms with van der Waals surface area (Å²) in [7, 11) is 0. The number of anilines is 2. The van der Waals surface area contributed by atoms with Gasteiger partial charge in [0, 0.05) is 23.5 Å². The fraction of sp³-hybridized carbons (Fsp3) is 0.0455. The molecule has 0 aliphatic carbocycles. The molecule has 6 nitrogen and oxygen atoms in total. The number of non-ortho nitro benzene ring substituents is 1. The zero-order chi connectivity index (χ0) is 21.3. The molecule has 0 aromatic heterocycles. The second kappa shape index (κ2) is 7.75. The first-order chi connectivity index (χ1) is 14.4. The third-order valence-electron chi connectivity index (χ3n) is 4.73. The molecule has 4 rings (SSSR count). The van der Waals surface area contributed by atoms with Gasteiger partial charge >= 0.3 is 0 Å². The lowest BCUT2D eigenvalue weighted by atomic mass is 10.1. The van der Waals surface area contributed by atoms with Crippen molar-refractivity contribution >= 4 is 23.0 Å². The summed E-state index contributed by atoms with van der Waals surface area (Å²) in [6, 6.07) is 16.3. The standard InChI is InChI=1S/C22H15F2N3O3/c23-15-3-7-17(8-4-15)25-20-13-21(14-1-9-19(10-2-14)27(29)30)26(22(20)28)18-11-5-16(24)6-12-18/h1-13,21,25H. The molecule has 0 bridgehead atoms. The summed E-state index contributed by atoms with van der Waals surface area (Å²) in [5, 5.41) is 13.9. The summed E-state index contributed by atoms with van der Waals surface area (Å²) >= 11 is 0. The first-order valence-corrected chi connectivity index (χ1v) is 9.00. The molecule has 1 aliphatic rings. The van der Waals surface area contributed by atoms with Crippen molar-refractivity contribution in [1.82, 2.24) is 0 Å². The number of nitro groups is 1. The Morgan fingerprint density at radius 2 is 1.43 bits per heavy atom. The van der Waals surface area contributed by atoms with Crippen LogP contribution in [-0.2, 0) is 4.79 Å². The van der Waals surface area contributed by atoms with Gasteiger partial charge in [-0.15, -0.1) is 0 Å². The average molecular weight is 407 g/mol. The first-order valence-electron chi connectivity index (χ1n) is 9.00. The van der Waals surface area contributed by atoms with Crippen LogP contribution in [0.3, 0.4) is 0 Å². The number of hydrogen-bond acceptors (Lipinski definition) is 4. The maximum absolute atomic E-state index is 13.4. The van der Waals surface area contributed by atoms with E-state index in [0.717, 1.165) is 0 Å². The highest BCUT2D eigenvalue weighted by Gasteiger charge is 2.35. The molecule has 0 saturated carbocycles. The molecule has 1 unspecified atom stereocenters. The maximum Gasteiger partial charge on any atom is 0.275 e. The van der Waals surface area contributed by atoms with Crippen LogP contribution in [0.4, 0.5) is 25.8 Å². The number of benzene rings is 3. The lowest BCUT2D eigenvalue weighted by Gasteiger charge is -2.25. The molecular weight excluding hydrogens is 392 g/mol. The third kappa shape index (κ3) is 3.75. The number of halogens is 2. The van der Waals surface area contributed by atoms with Crippen LogP contribution in [0.1, 0.15) is 11.6 Å². The topological polar surface area (TPSA) is 75.5 Å². The zero-order valence-electron chi connectivity index (χ0n) is 15.5. The van der Waals surface area contributed by atoms with E-state index < -0.39 is 22.6 Å². The normalized spacial score (nSPS) is 15.8. The SMILES string of the molecule is O=C1C(Nc2ccc(F)cc2)=CC(c2ccc([N+](=O)[O-])cc2)N1c1ccc(F)cc1. The van der Waals surface area contributed by atoms with E-state index in [2.05, 4.69) is 5.32 Å². The Bertz CT molecular complexity index is 1130. The zero-order valence-corrected chi connectivity index (χ0v) is 15.5. The number of nitrogens with one attached hydrogen (secondary N) is 1. The molecule has 1 amide bonds. The lowest BCUT2D eigenvalue weighted by Crippen LogP contribution is -2.30. The molecule has 1 N–H and O–H groups in total. The van der Waals surface area contributed by atoms with E-state index in [4.69, 9.17) is 0 Å². The molecule has 0 radical (unpaired) electrons. The molecule has 1 atom stereocenters. The van der Waals surface area contributed by atoms with Gasteiger partial charge in [0.1, 0.15) is 17.3 Å². The number of hydrogen-bond donors (Lipinski definition) is 1. The van der Waals surface area contributed by atoms with Gasteiger partial charge in [-0.3, -0.25) is 19.8 Å². The van der Waals surface area contributed by atoms with E-state index in [1.807, 2.05) is 0 Å². The highest BCUT2D eigenvalue weighted by Crippen LogP contribution is 2.36. The van der Waals surface area contributed by atoms with Gasteiger partial charge in [-0.1, -0.05) is 0 Å². The van der Waals surface area contributed by atoms with Crippen LogP contribution in [-0.4, -0.2) is 10.8 Å². The monoisotopic (exact) mass is 407 g/mol. The Hall–Kier alpha value is -4.07. The van der Waals surface area contributed by atoms with Crippen LogP contribution >= 0.6 is 0 Å². The number of amides is 1. The second-order valence-electron chi connectivity index (χ2n) is 6.66. The fourth-order valence-corrected chi connectivity index (χ4v) is 3.26. The smallest absolute Gasteiger partial charge is 0.275 e. The molecule has 150 valence electrons. The first kappa shape index (κ1) is 19.3. The van der Waals surface area contributed by atoms with Crippen LogP contribution in [0, 0.1) is 21.7 Å². The lowest BCUT2D eigenvalue weighted by molar-refractivity contribution is -0.384. The van der Waals surface area contributed by atoms with Crippen LogP contribution in [0.2, 0.25) is 0 Å². The number of carbonyl (C=O) groups is 1. The van der Waals surface area contributed by atoms with Gasteiger partial charge in [0.25, 0.3) is 11.6 Å². The molecule has 0 saturated heterocycles. The highest BCUT2D eigenvalue weighted by molar-refractivity contribution is 6.11. The quantitative estimate of drug-likeness (QED) is 0.479. The summed E-state index contributed by atoms with van der Waals surface area (Å²) in [5.74, 6) is -1.20. The van der Waals surface area contributed by atoms with E-state index in [0.29, 0.717) is 16.9 Å². The molecule has 3 aromatic rings. The van der Waals surface area contributed by atoms with E-state index in [1.54, 1.807) is 18.2 Å². The summed E-state index contributed by atoms with van der Waals surface area (Å²) in [6.45, 7) is 0. The summed E-state index contributed by atoms with van der Waals surface area (Å²) in [5.41, 5.74) is 1.84. The Morgan fingerprint density at radius 1 is 0.867 bits per heavy atom. The average Bonchev–Trinajstić information content (AvgIpc) is 3.06. The number of nitrogens with zero attached hydrogens (tertiary/aromatic N) is 2. The van der Waals surface area contributed by atoms with Crippen molar-refractivity contribution in [3.05, 3.63) is 112 Å². The minimum Gasteiger partial charge on any atom is -0.351 e. The van der Waals surface area contributed by atoms with Crippen LogP contribution in [0.25, 0.3) is 0 Å². The molecule has 1 heterocycles. The van der Waals surface area contributed by atoms with Gasteiger partial charge in [0.2, 0.25) is 0 Å². The van der Waals surface area contributed by atoms with Gasteiger partial charge < -0.3 is 5.32 Å². The van der Waals surface area contributed by atoms with Crippen molar-refractivity contribution in [3.63, 3.8) is 0 Å². The van der Waals surface area contributed by atoms with Crippen molar-refractivity contribution in [3.8, 4) is 0 Å². The van der Waals surface area contributed by atoms with Gasteiger partial charge in [0.05, 0.1) is 11.0 Å². The Balaban J connectivity index is 1.72. The van der Waals surface area contributed by atoms with Crippen molar-refractivity contribution < 1.29 is 18.5 Å². The predicted octanol–water partition coefficient (Wildman–Crippen LogP) is 4.96. The van der Waals surface area contributed by atoms with E-state index in [1.165, 1.54) is 65.6 Å². The molecule has 0 spiro atoms. The number of nitro benzene ring substituents is 1. The Morgan fingerprint density at radius 3 is 2.00 bits per heavy atom. The molecule has 1 aliphatic heterocycles. The van der Waals surface area contributed by atoms with Crippen LogP contribution in [0.15, 0.2) is 84.6 Å². The van der Waals surface area contributed by atoms with Gasteiger partial charge in [-0.2, -0.15) is 0 Å². The van der Waals surface area contributed by atoms with Gasteiger partial charge in [-0.25, -0.2) is 8.78 Å². The highest BCUT2D eigenvalue weighted by atomic mass is 19.1.